The summed E-state index contributed by atoms with van der Waals surface area (Å²) in [5, 5.41) is 0. The van der Waals surface area contributed by atoms with Gasteiger partial charge < -0.3 is 4.74 Å². The predicted molar refractivity (Wildman–Crippen MR) is 51.5 cm³/mol. The zero-order chi connectivity index (χ0) is 9.00. The van der Waals surface area contributed by atoms with Gasteiger partial charge in [0, 0.05) is 13.1 Å². The van der Waals surface area contributed by atoms with E-state index in [9.17, 15) is 0 Å². The molecule has 74 valence electrons. The molecule has 0 aromatic carbocycles. The number of fused-ring (bicyclic) bond motifs is 1. The fourth-order valence-corrected chi connectivity index (χ4v) is 3.33. The highest BCUT2D eigenvalue weighted by Crippen LogP contribution is 2.55. The van der Waals surface area contributed by atoms with Gasteiger partial charge in [-0.05, 0) is 23.7 Å². The molecule has 1 aliphatic carbocycles. The second-order valence-electron chi connectivity index (χ2n) is 5.29. The summed E-state index contributed by atoms with van der Waals surface area (Å²) in [6.45, 7) is 9.46. The van der Waals surface area contributed by atoms with Crippen LogP contribution in [-0.4, -0.2) is 37.2 Å². The molecule has 2 heteroatoms. The van der Waals surface area contributed by atoms with Gasteiger partial charge in [0.05, 0.1) is 19.3 Å². The minimum atomic E-state index is 0.778. The van der Waals surface area contributed by atoms with Crippen LogP contribution in [0, 0.1) is 23.7 Å². The largest absolute Gasteiger partial charge is 0.378 e. The van der Waals surface area contributed by atoms with E-state index in [1.807, 2.05) is 0 Å². The summed E-state index contributed by atoms with van der Waals surface area (Å²) >= 11 is 0. The molecule has 0 aromatic rings. The number of hydrogen-bond donors (Lipinski definition) is 0. The summed E-state index contributed by atoms with van der Waals surface area (Å²) in [5.74, 6) is 4.05. The Morgan fingerprint density at radius 1 is 1.15 bits per heavy atom. The summed E-state index contributed by atoms with van der Waals surface area (Å²) < 4.78 is 5.23. The zero-order valence-corrected chi connectivity index (χ0v) is 8.57. The lowest BCUT2D eigenvalue weighted by atomic mass is 10.0. The second kappa shape index (κ2) is 2.71. The third kappa shape index (κ3) is 1.15. The second-order valence-corrected chi connectivity index (χ2v) is 5.29. The van der Waals surface area contributed by atoms with Gasteiger partial charge in [0.1, 0.15) is 0 Å². The first-order valence-electron chi connectivity index (χ1n) is 5.59. The quantitative estimate of drug-likeness (QED) is 0.635. The SMILES string of the molecule is CC(C)C1C2CN(C3COC3)C[C@@H]21. The van der Waals surface area contributed by atoms with Gasteiger partial charge in [-0.25, -0.2) is 0 Å². The molecule has 0 aromatic heterocycles. The van der Waals surface area contributed by atoms with Crippen LogP contribution >= 0.6 is 0 Å². The topological polar surface area (TPSA) is 12.5 Å². The molecular formula is C11H19NO. The molecular weight excluding hydrogens is 162 g/mol. The van der Waals surface area contributed by atoms with E-state index in [0.29, 0.717) is 0 Å². The average molecular weight is 181 g/mol. The van der Waals surface area contributed by atoms with Crippen LogP contribution in [0.5, 0.6) is 0 Å². The molecule has 3 atom stereocenters. The molecule has 2 nitrogen and oxygen atoms in total. The van der Waals surface area contributed by atoms with Crippen molar-refractivity contribution in [3.63, 3.8) is 0 Å². The Bertz CT molecular complexity index is 200. The minimum Gasteiger partial charge on any atom is -0.378 e. The van der Waals surface area contributed by atoms with Gasteiger partial charge in [-0.15, -0.1) is 0 Å². The Hall–Kier alpha value is -0.0800. The molecule has 3 aliphatic rings. The van der Waals surface area contributed by atoms with Gasteiger partial charge in [-0.1, -0.05) is 13.8 Å². The van der Waals surface area contributed by atoms with Gasteiger partial charge in [0.15, 0.2) is 0 Å². The molecule has 0 radical (unpaired) electrons. The van der Waals surface area contributed by atoms with Crippen molar-refractivity contribution in [1.29, 1.82) is 0 Å². The van der Waals surface area contributed by atoms with E-state index in [4.69, 9.17) is 4.74 Å². The van der Waals surface area contributed by atoms with Crippen LogP contribution in [0.3, 0.4) is 0 Å². The summed E-state index contributed by atoms with van der Waals surface area (Å²) in [7, 11) is 0. The fourth-order valence-electron chi connectivity index (χ4n) is 3.33. The Labute approximate surface area is 80.2 Å². The molecule has 3 fully saturated rings. The first kappa shape index (κ1) is 8.25. The lowest BCUT2D eigenvalue weighted by molar-refractivity contribution is -0.0622. The number of piperidine rings is 1. The maximum Gasteiger partial charge on any atom is 0.0645 e. The van der Waals surface area contributed by atoms with Crippen LogP contribution in [0.15, 0.2) is 0 Å². The predicted octanol–water partition coefficient (Wildman–Crippen LogP) is 1.22. The third-order valence-corrected chi connectivity index (χ3v) is 4.20. The van der Waals surface area contributed by atoms with Gasteiger partial charge in [0.2, 0.25) is 0 Å². The summed E-state index contributed by atoms with van der Waals surface area (Å²) in [6, 6.07) is 0.778. The van der Waals surface area contributed by atoms with Crippen molar-refractivity contribution < 1.29 is 4.74 Å². The monoisotopic (exact) mass is 181 g/mol. The van der Waals surface area contributed by atoms with Crippen molar-refractivity contribution in [3.8, 4) is 0 Å². The molecule has 2 heterocycles. The molecule has 0 spiro atoms. The normalized spacial score (nSPS) is 45.0. The Morgan fingerprint density at radius 3 is 2.15 bits per heavy atom. The summed E-state index contributed by atoms with van der Waals surface area (Å²) in [4.78, 5) is 2.65. The van der Waals surface area contributed by atoms with Crippen molar-refractivity contribution in [1.82, 2.24) is 4.90 Å². The van der Waals surface area contributed by atoms with Gasteiger partial charge in [0.25, 0.3) is 0 Å². The number of rotatable bonds is 2. The Morgan fingerprint density at radius 2 is 1.77 bits per heavy atom. The van der Waals surface area contributed by atoms with Crippen molar-refractivity contribution in [3.05, 3.63) is 0 Å². The maximum atomic E-state index is 5.23. The molecule has 3 rings (SSSR count). The summed E-state index contributed by atoms with van der Waals surface area (Å²) in [5.41, 5.74) is 0. The van der Waals surface area contributed by atoms with Crippen molar-refractivity contribution in [2.45, 2.75) is 19.9 Å². The number of hydrogen-bond acceptors (Lipinski definition) is 2. The Balaban J connectivity index is 1.55. The first-order valence-corrected chi connectivity index (χ1v) is 5.59. The number of ether oxygens (including phenoxy) is 1. The van der Waals surface area contributed by atoms with Crippen molar-refractivity contribution >= 4 is 0 Å². The lowest BCUT2D eigenvalue weighted by Crippen LogP contribution is -2.49. The number of likely N-dealkylation sites (tertiary alicyclic amines) is 1. The highest BCUT2D eigenvalue weighted by atomic mass is 16.5. The van der Waals surface area contributed by atoms with Crippen LogP contribution in [0.2, 0.25) is 0 Å². The molecule has 2 unspecified atom stereocenters. The molecule has 0 bridgehead atoms. The molecule has 2 aliphatic heterocycles. The van der Waals surface area contributed by atoms with Gasteiger partial charge in [-0.2, -0.15) is 0 Å². The van der Waals surface area contributed by atoms with Crippen LogP contribution in [0.1, 0.15) is 13.8 Å². The van der Waals surface area contributed by atoms with Gasteiger partial charge >= 0.3 is 0 Å². The highest BCUT2D eigenvalue weighted by molar-refractivity contribution is 5.07. The summed E-state index contributed by atoms with van der Waals surface area (Å²) in [6.07, 6.45) is 0. The smallest absolute Gasteiger partial charge is 0.0645 e. The van der Waals surface area contributed by atoms with E-state index in [1.165, 1.54) is 13.1 Å². The van der Waals surface area contributed by atoms with E-state index in [0.717, 1.165) is 42.9 Å². The van der Waals surface area contributed by atoms with E-state index < -0.39 is 0 Å². The Kier molecular flexibility index (Phi) is 1.72. The molecule has 1 saturated carbocycles. The van der Waals surface area contributed by atoms with E-state index >= 15 is 0 Å². The van der Waals surface area contributed by atoms with Crippen molar-refractivity contribution in [2.24, 2.45) is 23.7 Å². The molecule has 0 amide bonds. The highest BCUT2D eigenvalue weighted by Gasteiger charge is 2.57. The van der Waals surface area contributed by atoms with E-state index in [2.05, 4.69) is 18.7 Å². The third-order valence-electron chi connectivity index (χ3n) is 4.20. The number of nitrogens with zero attached hydrogens (tertiary/aromatic N) is 1. The standard InChI is InChI=1S/C11H19NO/c1-7(2)11-9-3-12(4-10(9)11)8-5-13-6-8/h7-11H,3-6H2,1-2H3/t9-,10?,11?/m0/s1. The van der Waals surface area contributed by atoms with E-state index in [-0.39, 0.29) is 0 Å². The van der Waals surface area contributed by atoms with E-state index in [1.54, 1.807) is 0 Å². The zero-order valence-electron chi connectivity index (χ0n) is 8.57. The van der Waals surface area contributed by atoms with Crippen LogP contribution in [-0.2, 0) is 4.74 Å². The minimum absolute atomic E-state index is 0.778. The molecule has 13 heavy (non-hydrogen) atoms. The van der Waals surface area contributed by atoms with Crippen LogP contribution in [0.4, 0.5) is 0 Å². The van der Waals surface area contributed by atoms with Crippen molar-refractivity contribution in [2.75, 3.05) is 26.3 Å². The van der Waals surface area contributed by atoms with Crippen LogP contribution in [0.25, 0.3) is 0 Å². The van der Waals surface area contributed by atoms with Crippen LogP contribution < -0.4 is 0 Å². The fraction of sp³-hybridized carbons (Fsp3) is 1.00. The maximum absolute atomic E-state index is 5.23. The first-order chi connectivity index (χ1) is 6.27. The molecule has 2 saturated heterocycles. The lowest BCUT2D eigenvalue weighted by Gasteiger charge is -2.36. The van der Waals surface area contributed by atoms with Gasteiger partial charge in [-0.3, -0.25) is 4.90 Å². The molecule has 0 N–H and O–H groups in total. The average Bonchev–Trinajstić information content (AvgIpc) is 2.46.